The molecule has 4 aromatic rings. The lowest BCUT2D eigenvalue weighted by molar-refractivity contribution is -0.140. The van der Waals surface area contributed by atoms with E-state index in [-0.39, 0.29) is 23.5 Å². The fraction of sp³-hybridized carbons (Fsp3) is 0.160. The molecule has 4 rings (SSSR count). The van der Waals surface area contributed by atoms with Gasteiger partial charge in [0.05, 0.1) is 40.6 Å². The largest absolute Gasteiger partial charge is 0.437 e. The van der Waals surface area contributed by atoms with Crippen molar-refractivity contribution in [2.45, 2.75) is 26.6 Å². The van der Waals surface area contributed by atoms with Crippen molar-refractivity contribution in [1.82, 2.24) is 14.8 Å². The summed E-state index contributed by atoms with van der Waals surface area (Å²) in [6.07, 6.45) is -4.85. The molecule has 0 aliphatic carbocycles. The molecule has 0 fully saturated rings. The van der Waals surface area contributed by atoms with Crippen molar-refractivity contribution in [3.05, 3.63) is 87.9 Å². The summed E-state index contributed by atoms with van der Waals surface area (Å²) < 4.78 is 42.6. The number of benzene rings is 2. The van der Waals surface area contributed by atoms with Crippen LogP contribution < -0.4 is 11.1 Å². The summed E-state index contributed by atoms with van der Waals surface area (Å²) in [6, 6.07) is 14.5. The number of pyridine rings is 1. The van der Waals surface area contributed by atoms with Crippen LogP contribution in [0.4, 0.5) is 18.9 Å². The number of carbonyl (C=O) groups is 2. The lowest BCUT2D eigenvalue weighted by Gasteiger charge is -2.11. The van der Waals surface area contributed by atoms with Gasteiger partial charge in [-0.05, 0) is 49.2 Å². The molecular weight excluding hydrogens is 473 g/mol. The predicted octanol–water partition coefficient (Wildman–Crippen LogP) is 4.34. The molecule has 36 heavy (non-hydrogen) atoms. The third-order valence-electron chi connectivity index (χ3n) is 5.59. The Balaban J connectivity index is 1.73. The van der Waals surface area contributed by atoms with Crippen LogP contribution in [0.5, 0.6) is 0 Å². The van der Waals surface area contributed by atoms with Gasteiger partial charge in [-0.1, -0.05) is 24.3 Å². The second-order valence-electron chi connectivity index (χ2n) is 8.17. The fourth-order valence-corrected chi connectivity index (χ4v) is 3.74. The van der Waals surface area contributed by atoms with Crippen molar-refractivity contribution in [3.8, 4) is 6.07 Å². The lowest BCUT2D eigenvalue weighted by atomic mass is 10.0. The summed E-state index contributed by atoms with van der Waals surface area (Å²) >= 11 is 0. The van der Waals surface area contributed by atoms with Gasteiger partial charge >= 0.3 is 6.18 Å². The molecular formula is C25H19F3N6O2. The number of halogens is 3. The van der Waals surface area contributed by atoms with Crippen LogP contribution in [0, 0.1) is 25.2 Å². The maximum absolute atomic E-state index is 13.8. The van der Waals surface area contributed by atoms with Crippen molar-refractivity contribution < 1.29 is 22.8 Å². The standard InChI is InChI=1S/C25H19F3N6O2/c1-13-3-8-17-18(23(30)35)10-20(31-19(17)9-13)24(36)32-21-14(2)34(33-22(21)25(26,27)28)12-16-6-4-15(11-29)5-7-16/h3-10H,12H2,1-2H3,(H2,30,35)(H,32,36). The van der Waals surface area contributed by atoms with Crippen LogP contribution in [0.25, 0.3) is 10.9 Å². The highest BCUT2D eigenvalue weighted by Gasteiger charge is 2.39. The van der Waals surface area contributed by atoms with Gasteiger partial charge in [0, 0.05) is 5.39 Å². The summed E-state index contributed by atoms with van der Waals surface area (Å²) in [5.74, 6) is -1.75. The molecule has 0 spiro atoms. The molecule has 11 heteroatoms. The minimum Gasteiger partial charge on any atom is -0.366 e. The number of fused-ring (bicyclic) bond motifs is 1. The molecule has 0 unspecified atom stereocenters. The number of nitrogens with zero attached hydrogens (tertiary/aromatic N) is 4. The third-order valence-corrected chi connectivity index (χ3v) is 5.59. The number of aromatic nitrogens is 3. The monoisotopic (exact) mass is 492 g/mol. The Hall–Kier alpha value is -4.72. The van der Waals surface area contributed by atoms with Crippen molar-refractivity contribution >= 4 is 28.4 Å². The van der Waals surface area contributed by atoms with Gasteiger partial charge in [0.25, 0.3) is 5.91 Å². The van der Waals surface area contributed by atoms with Crippen LogP contribution in [0.1, 0.15) is 48.9 Å². The molecule has 182 valence electrons. The zero-order chi connectivity index (χ0) is 26.2. The van der Waals surface area contributed by atoms with Gasteiger partial charge in [0.2, 0.25) is 5.91 Å². The second kappa shape index (κ2) is 9.14. The highest BCUT2D eigenvalue weighted by Crippen LogP contribution is 2.36. The molecule has 0 atom stereocenters. The number of anilines is 1. The summed E-state index contributed by atoms with van der Waals surface area (Å²) in [5.41, 5.74) is 5.63. The Morgan fingerprint density at radius 1 is 1.11 bits per heavy atom. The highest BCUT2D eigenvalue weighted by molar-refractivity contribution is 6.10. The quantitative estimate of drug-likeness (QED) is 0.429. The minimum atomic E-state index is -4.85. The maximum atomic E-state index is 13.8. The molecule has 0 saturated heterocycles. The number of aryl methyl sites for hydroxylation is 1. The normalized spacial score (nSPS) is 11.3. The number of amides is 2. The fourth-order valence-electron chi connectivity index (χ4n) is 3.74. The zero-order valence-electron chi connectivity index (χ0n) is 19.1. The summed E-state index contributed by atoms with van der Waals surface area (Å²) in [6.45, 7) is 3.17. The number of nitrogens with two attached hydrogens (primary N) is 1. The topological polar surface area (TPSA) is 127 Å². The second-order valence-corrected chi connectivity index (χ2v) is 8.17. The van der Waals surface area contributed by atoms with E-state index in [1.165, 1.54) is 6.92 Å². The highest BCUT2D eigenvalue weighted by atomic mass is 19.4. The zero-order valence-corrected chi connectivity index (χ0v) is 19.1. The number of carbonyl (C=O) groups excluding carboxylic acids is 2. The Bertz CT molecular complexity index is 1550. The van der Waals surface area contributed by atoms with Crippen LogP contribution in [0.3, 0.4) is 0 Å². The van der Waals surface area contributed by atoms with Crippen molar-refractivity contribution in [1.29, 1.82) is 5.26 Å². The average Bonchev–Trinajstić information content (AvgIpc) is 3.13. The smallest absolute Gasteiger partial charge is 0.366 e. The first-order valence-electron chi connectivity index (χ1n) is 10.6. The van der Waals surface area contributed by atoms with E-state index in [4.69, 9.17) is 11.0 Å². The molecule has 0 bridgehead atoms. The minimum absolute atomic E-state index is 0.0180. The molecule has 2 aromatic heterocycles. The molecule has 0 saturated carbocycles. The number of nitrogens with one attached hydrogen (secondary N) is 1. The number of rotatable bonds is 5. The first-order chi connectivity index (χ1) is 17.0. The molecule has 3 N–H and O–H groups in total. The Morgan fingerprint density at radius 3 is 2.42 bits per heavy atom. The van der Waals surface area contributed by atoms with E-state index in [0.29, 0.717) is 22.0 Å². The van der Waals surface area contributed by atoms with Crippen molar-refractivity contribution in [3.63, 3.8) is 0 Å². The van der Waals surface area contributed by atoms with Crippen molar-refractivity contribution in [2.75, 3.05) is 5.32 Å². The summed E-state index contributed by atoms with van der Waals surface area (Å²) in [7, 11) is 0. The molecule has 0 aliphatic rings. The van der Waals surface area contributed by atoms with Crippen LogP contribution in [-0.2, 0) is 12.7 Å². The number of hydrogen-bond acceptors (Lipinski definition) is 5. The maximum Gasteiger partial charge on any atom is 0.437 e. The van der Waals surface area contributed by atoms with Gasteiger partial charge in [-0.15, -0.1) is 0 Å². The van der Waals surface area contributed by atoms with Crippen LogP contribution in [0.15, 0.2) is 48.5 Å². The Morgan fingerprint density at radius 2 is 1.81 bits per heavy atom. The van der Waals surface area contributed by atoms with Gasteiger partial charge in [0.1, 0.15) is 5.69 Å². The number of primary amides is 1. The van der Waals surface area contributed by atoms with E-state index < -0.39 is 29.4 Å². The number of hydrogen-bond donors (Lipinski definition) is 2. The SMILES string of the molecule is Cc1ccc2c(C(N)=O)cc(C(=O)Nc3c(C(F)(F)F)nn(Cc4ccc(C#N)cc4)c3C)nc2c1. The number of nitriles is 1. The summed E-state index contributed by atoms with van der Waals surface area (Å²) in [4.78, 5) is 29.2. The van der Waals surface area contributed by atoms with Gasteiger partial charge < -0.3 is 11.1 Å². The van der Waals surface area contributed by atoms with E-state index in [1.807, 2.05) is 6.07 Å². The molecule has 8 nitrogen and oxygen atoms in total. The molecule has 2 aromatic carbocycles. The van der Waals surface area contributed by atoms with E-state index in [9.17, 15) is 22.8 Å². The molecule has 2 amide bonds. The van der Waals surface area contributed by atoms with Gasteiger partial charge in [-0.25, -0.2) is 4.98 Å². The first-order valence-corrected chi connectivity index (χ1v) is 10.6. The van der Waals surface area contributed by atoms with Gasteiger partial charge in [-0.2, -0.15) is 23.5 Å². The molecule has 0 aliphatic heterocycles. The predicted molar refractivity (Wildman–Crippen MR) is 125 cm³/mol. The third kappa shape index (κ3) is 4.74. The lowest BCUT2D eigenvalue weighted by Crippen LogP contribution is -2.19. The first kappa shape index (κ1) is 24.4. The van der Waals surface area contributed by atoms with E-state index >= 15 is 0 Å². The Kier molecular flexibility index (Phi) is 6.20. The van der Waals surface area contributed by atoms with E-state index in [2.05, 4.69) is 15.4 Å². The number of alkyl halides is 3. The molecule has 0 radical (unpaired) electrons. The van der Waals surface area contributed by atoms with Gasteiger partial charge in [-0.3, -0.25) is 14.3 Å². The van der Waals surface area contributed by atoms with Gasteiger partial charge in [0.15, 0.2) is 5.69 Å². The summed E-state index contributed by atoms with van der Waals surface area (Å²) in [5, 5.41) is 15.3. The van der Waals surface area contributed by atoms with Crippen LogP contribution in [0.2, 0.25) is 0 Å². The van der Waals surface area contributed by atoms with Crippen molar-refractivity contribution in [2.24, 2.45) is 5.73 Å². The van der Waals surface area contributed by atoms with E-state index in [1.54, 1.807) is 49.4 Å². The molecule has 2 heterocycles. The average molecular weight is 492 g/mol. The van der Waals surface area contributed by atoms with E-state index in [0.717, 1.165) is 16.3 Å². The van der Waals surface area contributed by atoms with Crippen LogP contribution >= 0.6 is 0 Å². The Labute approximate surface area is 203 Å². The van der Waals surface area contributed by atoms with Crippen LogP contribution in [-0.4, -0.2) is 26.6 Å².